The Hall–Kier alpha value is -2.62. The fraction of sp³-hybridized carbons (Fsp3) is 0.333. The molecule has 2 bridgehead atoms. The van der Waals surface area contributed by atoms with Crippen molar-refractivity contribution >= 4 is 11.9 Å². The summed E-state index contributed by atoms with van der Waals surface area (Å²) in [4.78, 5) is 24.2. The molecule has 2 aromatic carbocycles. The van der Waals surface area contributed by atoms with Gasteiger partial charge in [0.2, 0.25) is 5.91 Å². The van der Waals surface area contributed by atoms with Gasteiger partial charge < -0.3 is 10.1 Å². The Labute approximate surface area is 147 Å². The number of esters is 1. The summed E-state index contributed by atoms with van der Waals surface area (Å²) < 4.78 is 4.95. The van der Waals surface area contributed by atoms with E-state index in [4.69, 9.17) is 4.74 Å². The maximum Gasteiger partial charge on any atom is 0.307 e. The van der Waals surface area contributed by atoms with Gasteiger partial charge in [-0.05, 0) is 28.7 Å². The van der Waals surface area contributed by atoms with E-state index in [0.29, 0.717) is 6.42 Å². The maximum atomic E-state index is 12.2. The summed E-state index contributed by atoms with van der Waals surface area (Å²) in [6.07, 6.45) is 0.882. The first-order valence-electron chi connectivity index (χ1n) is 8.59. The van der Waals surface area contributed by atoms with Crippen LogP contribution < -0.4 is 5.32 Å². The van der Waals surface area contributed by atoms with Crippen molar-refractivity contribution in [2.75, 3.05) is 7.11 Å². The Morgan fingerprint density at radius 1 is 1.04 bits per heavy atom. The van der Waals surface area contributed by atoms with Crippen molar-refractivity contribution in [1.82, 2.24) is 5.32 Å². The van der Waals surface area contributed by atoms with Gasteiger partial charge in [-0.25, -0.2) is 0 Å². The molecule has 1 unspecified atom stereocenters. The normalized spacial score (nSPS) is 25.7. The summed E-state index contributed by atoms with van der Waals surface area (Å²) in [5.41, 5.74) is 4.37. The summed E-state index contributed by atoms with van der Waals surface area (Å²) in [6.45, 7) is 1.51. The lowest BCUT2D eigenvalue weighted by Crippen LogP contribution is -2.58. The van der Waals surface area contributed by atoms with Gasteiger partial charge >= 0.3 is 5.97 Å². The molecule has 0 aromatic heterocycles. The van der Waals surface area contributed by atoms with Crippen molar-refractivity contribution in [3.63, 3.8) is 0 Å². The second-order valence-corrected chi connectivity index (χ2v) is 7.04. The molecule has 4 nitrogen and oxygen atoms in total. The number of hydrogen-bond donors (Lipinski definition) is 1. The van der Waals surface area contributed by atoms with Gasteiger partial charge in [-0.1, -0.05) is 48.5 Å². The third-order valence-electron chi connectivity index (χ3n) is 5.60. The molecule has 0 fully saturated rings. The third kappa shape index (κ3) is 2.36. The third-order valence-corrected chi connectivity index (χ3v) is 5.60. The summed E-state index contributed by atoms with van der Waals surface area (Å²) in [5.74, 6) is -0.288. The first kappa shape index (κ1) is 15.9. The number of nitrogens with one attached hydrogen (secondary N) is 1. The molecular formula is C21H21NO3. The second-order valence-electron chi connectivity index (χ2n) is 7.04. The predicted molar refractivity (Wildman–Crippen MR) is 94.4 cm³/mol. The quantitative estimate of drug-likeness (QED) is 0.877. The number of hydrogen-bond acceptors (Lipinski definition) is 3. The predicted octanol–water partition coefficient (Wildman–Crippen LogP) is 3.11. The molecule has 4 heteroatoms. The minimum Gasteiger partial charge on any atom is -0.469 e. The number of rotatable bonds is 3. The number of ether oxygens (including phenoxy) is 1. The molecule has 0 aliphatic heterocycles. The van der Waals surface area contributed by atoms with Gasteiger partial charge in [-0.3, -0.25) is 9.59 Å². The van der Waals surface area contributed by atoms with E-state index < -0.39 is 5.54 Å². The number of fused-ring (bicyclic) bond motifs is 1. The number of carbonyl (C=O) groups excluding carboxylic acids is 2. The second kappa shape index (κ2) is 5.73. The van der Waals surface area contributed by atoms with Crippen LogP contribution in [-0.4, -0.2) is 24.5 Å². The molecule has 0 radical (unpaired) electrons. The Bertz CT molecular complexity index is 812. The van der Waals surface area contributed by atoms with Gasteiger partial charge in [0.15, 0.2) is 0 Å². The number of amides is 1. The van der Waals surface area contributed by atoms with E-state index in [0.717, 1.165) is 0 Å². The Morgan fingerprint density at radius 2 is 1.56 bits per heavy atom. The Kier molecular flexibility index (Phi) is 3.64. The van der Waals surface area contributed by atoms with Crippen LogP contribution in [-0.2, 0) is 14.3 Å². The molecular weight excluding hydrogens is 314 g/mol. The van der Waals surface area contributed by atoms with Crippen molar-refractivity contribution in [2.45, 2.75) is 37.1 Å². The van der Waals surface area contributed by atoms with Crippen LogP contribution in [0, 0.1) is 0 Å². The average molecular weight is 335 g/mol. The van der Waals surface area contributed by atoms with Crippen LogP contribution in [0.1, 0.15) is 53.9 Å². The zero-order chi connectivity index (χ0) is 17.6. The van der Waals surface area contributed by atoms with E-state index in [1.54, 1.807) is 0 Å². The molecule has 0 heterocycles. The van der Waals surface area contributed by atoms with Gasteiger partial charge in [-0.15, -0.1) is 0 Å². The molecule has 3 aliphatic carbocycles. The highest BCUT2D eigenvalue weighted by Gasteiger charge is 2.54. The summed E-state index contributed by atoms with van der Waals surface area (Å²) in [6, 6.07) is 16.7. The van der Waals surface area contributed by atoms with E-state index in [2.05, 4.69) is 41.7 Å². The molecule has 5 rings (SSSR count). The van der Waals surface area contributed by atoms with Crippen LogP contribution in [0.2, 0.25) is 0 Å². The molecule has 3 aliphatic rings. The average Bonchev–Trinajstić information content (AvgIpc) is 2.61. The number of benzene rings is 2. The fourth-order valence-corrected chi connectivity index (χ4v) is 4.84. The Morgan fingerprint density at radius 3 is 2.04 bits per heavy atom. The lowest BCUT2D eigenvalue weighted by molar-refractivity contribution is -0.143. The highest BCUT2D eigenvalue weighted by Crippen LogP contribution is 2.58. The SMILES string of the molecule is COC(=O)CC1(NC(C)=O)CC2c3ccccc3C1c1ccccc12. The van der Waals surface area contributed by atoms with Crippen LogP contribution >= 0.6 is 0 Å². The summed E-state index contributed by atoms with van der Waals surface area (Å²) in [7, 11) is 1.40. The first-order chi connectivity index (χ1) is 12.1. The topological polar surface area (TPSA) is 55.4 Å². The number of carbonyl (C=O) groups is 2. The molecule has 0 saturated heterocycles. The van der Waals surface area contributed by atoms with Crippen LogP contribution in [0.3, 0.4) is 0 Å². The van der Waals surface area contributed by atoms with E-state index >= 15 is 0 Å². The summed E-state index contributed by atoms with van der Waals surface area (Å²) >= 11 is 0. The highest BCUT2D eigenvalue weighted by atomic mass is 16.5. The lowest BCUT2D eigenvalue weighted by Gasteiger charge is -2.53. The molecule has 0 spiro atoms. The van der Waals surface area contributed by atoms with Crippen molar-refractivity contribution in [3.8, 4) is 0 Å². The van der Waals surface area contributed by atoms with Crippen LogP contribution in [0.15, 0.2) is 48.5 Å². The smallest absolute Gasteiger partial charge is 0.307 e. The highest BCUT2D eigenvalue weighted by molar-refractivity contribution is 5.78. The van der Waals surface area contributed by atoms with Crippen molar-refractivity contribution in [1.29, 1.82) is 0 Å². The van der Waals surface area contributed by atoms with Crippen LogP contribution in [0.4, 0.5) is 0 Å². The van der Waals surface area contributed by atoms with Gasteiger partial charge in [0.25, 0.3) is 0 Å². The molecule has 128 valence electrons. The molecule has 25 heavy (non-hydrogen) atoms. The van der Waals surface area contributed by atoms with Gasteiger partial charge in [-0.2, -0.15) is 0 Å². The zero-order valence-corrected chi connectivity index (χ0v) is 14.4. The Balaban J connectivity index is 1.94. The molecule has 1 amide bonds. The first-order valence-corrected chi connectivity index (χ1v) is 8.59. The van der Waals surface area contributed by atoms with Gasteiger partial charge in [0, 0.05) is 18.8 Å². The van der Waals surface area contributed by atoms with Crippen LogP contribution in [0.5, 0.6) is 0 Å². The monoisotopic (exact) mass is 335 g/mol. The molecule has 1 N–H and O–H groups in total. The van der Waals surface area contributed by atoms with E-state index in [1.807, 2.05) is 12.1 Å². The summed E-state index contributed by atoms with van der Waals surface area (Å²) in [5, 5.41) is 3.13. The maximum absolute atomic E-state index is 12.2. The molecule has 0 saturated carbocycles. The standard InChI is InChI=1S/C21H21NO3/c1-13(23)22-21(12-19(24)25-2)11-18-14-7-3-5-9-16(14)20(21)17-10-6-4-8-15(17)18/h3-10,18,20H,11-12H2,1-2H3,(H,22,23). The number of methoxy groups -OCH3 is 1. The van der Waals surface area contributed by atoms with Crippen molar-refractivity contribution < 1.29 is 14.3 Å². The zero-order valence-electron chi connectivity index (χ0n) is 14.4. The molecule has 1 atom stereocenters. The molecule has 2 aromatic rings. The van der Waals surface area contributed by atoms with Crippen molar-refractivity contribution in [2.24, 2.45) is 0 Å². The lowest BCUT2D eigenvalue weighted by atomic mass is 9.54. The fourth-order valence-electron chi connectivity index (χ4n) is 4.84. The minimum absolute atomic E-state index is 0.0482. The van der Waals surface area contributed by atoms with E-state index in [1.165, 1.54) is 36.3 Å². The largest absolute Gasteiger partial charge is 0.469 e. The van der Waals surface area contributed by atoms with Crippen LogP contribution in [0.25, 0.3) is 0 Å². The minimum atomic E-state index is -0.647. The van der Waals surface area contributed by atoms with Crippen molar-refractivity contribution in [3.05, 3.63) is 70.8 Å². The van der Waals surface area contributed by atoms with Gasteiger partial charge in [0.05, 0.1) is 19.1 Å². The van der Waals surface area contributed by atoms with E-state index in [-0.39, 0.29) is 30.1 Å². The van der Waals surface area contributed by atoms with E-state index in [9.17, 15) is 9.59 Å². The van der Waals surface area contributed by atoms with Gasteiger partial charge in [0.1, 0.15) is 0 Å².